The number of tetrazole rings is 1. The van der Waals surface area contributed by atoms with Gasteiger partial charge in [-0.1, -0.05) is 5.10 Å². The number of carbonyl (C=O) groups excluding carboxylic acids is 1. The largest absolute Gasteiger partial charge is 0.463 e. The van der Waals surface area contributed by atoms with Gasteiger partial charge in [0.05, 0.1) is 12.2 Å². The predicted molar refractivity (Wildman–Crippen MR) is 76.8 cm³/mol. The molecule has 3 N–H and O–H groups in total. The number of hydrogen-bond donors (Lipinski definition) is 1. The smallest absolute Gasteiger partial charge is 0.338 e. The molecule has 9 nitrogen and oxygen atoms in total. The summed E-state index contributed by atoms with van der Waals surface area (Å²) in [6.07, 6.45) is 3.33. The Hall–Kier alpha value is -2.81. The molecule has 0 aromatic carbocycles. The molecule has 22 heavy (non-hydrogen) atoms. The van der Waals surface area contributed by atoms with Crippen LogP contribution in [0.5, 0.6) is 0 Å². The molecular formula is C13H16N6O3. The molecule has 0 spiro atoms. The van der Waals surface area contributed by atoms with E-state index in [0.29, 0.717) is 23.8 Å². The van der Waals surface area contributed by atoms with Crippen molar-refractivity contribution in [2.45, 2.75) is 19.9 Å². The average molecular weight is 304 g/mol. The average Bonchev–Trinajstić information content (AvgIpc) is 2.94. The fraction of sp³-hybridized carbons (Fsp3) is 0.308. The van der Waals surface area contributed by atoms with Gasteiger partial charge >= 0.3 is 5.97 Å². The third kappa shape index (κ3) is 2.53. The Morgan fingerprint density at radius 1 is 1.41 bits per heavy atom. The molecule has 0 bridgehead atoms. The molecule has 1 atom stereocenters. The molecule has 0 saturated carbocycles. The van der Waals surface area contributed by atoms with Crippen molar-refractivity contribution < 1.29 is 15.0 Å². The normalized spacial score (nSPS) is 16.4. The number of nitrogens with one attached hydrogen (secondary N) is 1. The second kappa shape index (κ2) is 6.31. The van der Waals surface area contributed by atoms with E-state index in [9.17, 15) is 4.79 Å². The van der Waals surface area contributed by atoms with E-state index < -0.39 is 6.04 Å². The molecule has 0 fully saturated rings. The second-order valence-electron chi connectivity index (χ2n) is 4.51. The molecule has 3 heterocycles. The number of aromatic nitrogens is 5. The predicted octanol–water partition coefficient (Wildman–Crippen LogP) is 0.0954. The first-order valence-corrected chi connectivity index (χ1v) is 6.55. The molecular weight excluding hydrogens is 288 g/mol. The number of esters is 1. The number of allylic oxidation sites excluding steroid dienone is 1. The van der Waals surface area contributed by atoms with Crippen molar-refractivity contribution in [3.63, 3.8) is 0 Å². The van der Waals surface area contributed by atoms with Crippen LogP contribution in [0.4, 0.5) is 5.95 Å². The molecule has 0 aliphatic carbocycles. The Morgan fingerprint density at radius 3 is 2.82 bits per heavy atom. The van der Waals surface area contributed by atoms with Crippen LogP contribution in [0, 0.1) is 0 Å². The molecule has 3 rings (SSSR count). The Balaban J connectivity index is 0.00000176. The summed E-state index contributed by atoms with van der Waals surface area (Å²) in [5, 5.41) is 14.6. The van der Waals surface area contributed by atoms with E-state index in [2.05, 4.69) is 25.8 Å². The third-order valence-electron chi connectivity index (χ3n) is 3.23. The first-order valence-electron chi connectivity index (χ1n) is 6.55. The highest BCUT2D eigenvalue weighted by Crippen LogP contribution is 2.34. The zero-order valence-electron chi connectivity index (χ0n) is 12.1. The van der Waals surface area contributed by atoms with E-state index in [4.69, 9.17) is 4.74 Å². The molecule has 0 saturated heterocycles. The van der Waals surface area contributed by atoms with Gasteiger partial charge in [0.25, 0.3) is 0 Å². The monoisotopic (exact) mass is 304 g/mol. The summed E-state index contributed by atoms with van der Waals surface area (Å²) in [6, 6.07) is 3.22. The lowest BCUT2D eigenvalue weighted by Gasteiger charge is -2.27. The van der Waals surface area contributed by atoms with Gasteiger partial charge in [0.1, 0.15) is 6.04 Å². The number of rotatable bonds is 3. The summed E-state index contributed by atoms with van der Waals surface area (Å²) in [6.45, 7) is 3.88. The maximum Gasteiger partial charge on any atom is 0.338 e. The summed E-state index contributed by atoms with van der Waals surface area (Å²) in [4.78, 5) is 16.3. The highest BCUT2D eigenvalue weighted by Gasteiger charge is 2.34. The number of nitrogens with zero attached hydrogens (tertiary/aromatic N) is 5. The number of carbonyl (C=O) groups is 1. The molecule has 2 aromatic heterocycles. The maximum absolute atomic E-state index is 12.3. The standard InChI is InChI=1S/C13H14N6O2.H2O/c1-3-21-12(20)10-8(2)15-13-16-17-18-19(13)11(10)9-4-6-14-7-5-9;/h4-7,11H,3H2,1-2H3,(H,15,16,18);1H2/t11-;/m1./s1. The van der Waals surface area contributed by atoms with Crippen LogP contribution >= 0.6 is 0 Å². The first-order chi connectivity index (χ1) is 10.2. The lowest BCUT2D eigenvalue weighted by molar-refractivity contribution is -0.139. The van der Waals surface area contributed by atoms with E-state index in [1.54, 1.807) is 30.9 Å². The summed E-state index contributed by atoms with van der Waals surface area (Å²) in [7, 11) is 0. The van der Waals surface area contributed by atoms with Crippen molar-refractivity contribution in [3.05, 3.63) is 41.4 Å². The molecule has 9 heteroatoms. The van der Waals surface area contributed by atoms with Crippen LogP contribution in [0.15, 0.2) is 35.8 Å². The van der Waals surface area contributed by atoms with Crippen molar-refractivity contribution in [1.29, 1.82) is 0 Å². The Bertz CT molecular complexity index is 697. The number of pyridine rings is 1. The number of hydrogen-bond acceptors (Lipinski definition) is 7. The van der Waals surface area contributed by atoms with Crippen molar-refractivity contribution >= 4 is 11.9 Å². The first kappa shape index (κ1) is 15.6. The number of ether oxygens (including phenoxy) is 1. The van der Waals surface area contributed by atoms with E-state index in [1.807, 2.05) is 12.1 Å². The fourth-order valence-electron chi connectivity index (χ4n) is 2.34. The van der Waals surface area contributed by atoms with E-state index in [1.165, 1.54) is 0 Å². The van der Waals surface area contributed by atoms with Crippen LogP contribution in [0.25, 0.3) is 0 Å². The topological polar surface area (TPSA) is 126 Å². The van der Waals surface area contributed by atoms with Gasteiger partial charge in [-0.05, 0) is 42.0 Å². The summed E-state index contributed by atoms with van der Waals surface area (Å²) in [5.74, 6) is 0.104. The molecule has 0 amide bonds. The highest BCUT2D eigenvalue weighted by atomic mass is 16.5. The van der Waals surface area contributed by atoms with Crippen LogP contribution in [0.3, 0.4) is 0 Å². The van der Waals surface area contributed by atoms with Gasteiger partial charge in [0.15, 0.2) is 0 Å². The minimum atomic E-state index is -0.432. The van der Waals surface area contributed by atoms with Crippen molar-refractivity contribution in [1.82, 2.24) is 25.2 Å². The Labute approximate surface area is 126 Å². The minimum absolute atomic E-state index is 0. The summed E-state index contributed by atoms with van der Waals surface area (Å²) < 4.78 is 6.72. The molecule has 2 aromatic rings. The lowest BCUT2D eigenvalue weighted by atomic mass is 9.97. The second-order valence-corrected chi connectivity index (χ2v) is 4.51. The fourth-order valence-corrected chi connectivity index (χ4v) is 2.34. The highest BCUT2D eigenvalue weighted by molar-refractivity contribution is 5.92. The van der Waals surface area contributed by atoms with Crippen molar-refractivity contribution in [3.8, 4) is 0 Å². The number of fused-ring (bicyclic) bond motifs is 1. The van der Waals surface area contributed by atoms with E-state index >= 15 is 0 Å². The Morgan fingerprint density at radius 2 is 2.14 bits per heavy atom. The van der Waals surface area contributed by atoms with Crippen molar-refractivity contribution in [2.24, 2.45) is 0 Å². The molecule has 116 valence electrons. The maximum atomic E-state index is 12.3. The molecule has 1 aliphatic rings. The lowest BCUT2D eigenvalue weighted by Crippen LogP contribution is -2.29. The molecule has 0 radical (unpaired) electrons. The van der Waals surface area contributed by atoms with Crippen LogP contribution in [0.1, 0.15) is 25.5 Å². The van der Waals surface area contributed by atoms with Gasteiger partial charge in [-0.15, -0.1) is 0 Å². The van der Waals surface area contributed by atoms with Gasteiger partial charge in [-0.3, -0.25) is 4.98 Å². The Kier molecular flexibility index (Phi) is 4.47. The SMILES string of the molecule is CCOC(=O)C1=C(C)Nc2nnnn2[C@@H]1c1ccncc1.O. The van der Waals surface area contributed by atoms with Crippen LogP contribution in [-0.4, -0.2) is 43.2 Å². The van der Waals surface area contributed by atoms with E-state index in [-0.39, 0.29) is 11.4 Å². The summed E-state index contributed by atoms with van der Waals surface area (Å²) in [5.41, 5.74) is 2.03. The van der Waals surface area contributed by atoms with Crippen LogP contribution < -0.4 is 5.32 Å². The van der Waals surface area contributed by atoms with Gasteiger partial charge in [-0.25, -0.2) is 4.79 Å². The zero-order chi connectivity index (χ0) is 14.8. The van der Waals surface area contributed by atoms with Gasteiger partial charge in [0, 0.05) is 18.1 Å². The van der Waals surface area contributed by atoms with Crippen LogP contribution in [-0.2, 0) is 9.53 Å². The van der Waals surface area contributed by atoms with Crippen LogP contribution in [0.2, 0.25) is 0 Å². The molecule has 0 unspecified atom stereocenters. The number of anilines is 1. The van der Waals surface area contributed by atoms with Gasteiger partial charge in [0.2, 0.25) is 5.95 Å². The van der Waals surface area contributed by atoms with Crippen molar-refractivity contribution in [2.75, 3.05) is 11.9 Å². The quantitative estimate of drug-likeness (QED) is 0.796. The van der Waals surface area contributed by atoms with Gasteiger partial charge < -0.3 is 15.5 Å². The molecule has 1 aliphatic heterocycles. The zero-order valence-corrected chi connectivity index (χ0v) is 12.1. The third-order valence-corrected chi connectivity index (χ3v) is 3.23. The minimum Gasteiger partial charge on any atom is -0.463 e. The van der Waals surface area contributed by atoms with Gasteiger partial charge in [-0.2, -0.15) is 4.68 Å². The summed E-state index contributed by atoms with van der Waals surface area (Å²) >= 11 is 0. The van der Waals surface area contributed by atoms with E-state index in [0.717, 1.165) is 5.56 Å².